The molecule has 0 unspecified atom stereocenters. The maximum absolute atomic E-state index is 12.9. The van der Waals surface area contributed by atoms with Crippen molar-refractivity contribution >= 4 is 22.6 Å². The lowest BCUT2D eigenvalue weighted by Crippen LogP contribution is -2.48. The molecule has 1 aromatic heterocycles. The molecule has 0 atom stereocenters. The number of carbonyl (C=O) groups is 1. The van der Waals surface area contributed by atoms with Crippen LogP contribution in [0.5, 0.6) is 0 Å². The van der Waals surface area contributed by atoms with Gasteiger partial charge in [-0.3, -0.25) is 4.79 Å². The molecule has 0 bridgehead atoms. The van der Waals surface area contributed by atoms with Crippen molar-refractivity contribution in [1.29, 1.82) is 0 Å². The van der Waals surface area contributed by atoms with Crippen molar-refractivity contribution in [2.24, 2.45) is 0 Å². The van der Waals surface area contributed by atoms with Crippen LogP contribution < -0.4 is 4.90 Å². The molecule has 3 aromatic rings. The maximum Gasteiger partial charge on any atom is 0.298 e. The minimum atomic E-state index is -0.319. The minimum Gasteiger partial charge on any atom is -0.343 e. The van der Waals surface area contributed by atoms with Crippen LogP contribution in [0.4, 0.5) is 9.52 Å². The normalized spacial score (nSPS) is 13.8. The highest BCUT2D eigenvalue weighted by atomic mass is 32.1. The SMILES string of the molecule is O=C(C#Cc1ccc(F)cc1)N1CCN(c2nc(-c3ccccc3)ns2)CC1. The molecule has 1 aliphatic heterocycles. The molecule has 1 aliphatic rings. The van der Waals surface area contributed by atoms with Gasteiger partial charge in [-0.05, 0) is 24.3 Å². The summed E-state index contributed by atoms with van der Waals surface area (Å²) >= 11 is 1.37. The summed E-state index contributed by atoms with van der Waals surface area (Å²) in [5, 5.41) is 0.864. The first kappa shape index (κ1) is 18.1. The van der Waals surface area contributed by atoms with Crippen LogP contribution in [0.1, 0.15) is 5.56 Å². The third-order valence-electron chi connectivity index (χ3n) is 4.44. The lowest BCUT2D eigenvalue weighted by molar-refractivity contribution is -0.125. The van der Waals surface area contributed by atoms with Crippen LogP contribution in [-0.2, 0) is 4.79 Å². The van der Waals surface area contributed by atoms with Gasteiger partial charge in [0.1, 0.15) is 5.82 Å². The summed E-state index contributed by atoms with van der Waals surface area (Å²) < 4.78 is 17.4. The third kappa shape index (κ3) is 4.18. The van der Waals surface area contributed by atoms with Crippen molar-refractivity contribution in [2.45, 2.75) is 0 Å². The van der Waals surface area contributed by atoms with Gasteiger partial charge in [-0.1, -0.05) is 36.3 Å². The number of benzene rings is 2. The fourth-order valence-corrected chi connectivity index (χ4v) is 3.63. The van der Waals surface area contributed by atoms with Gasteiger partial charge < -0.3 is 9.80 Å². The first-order chi connectivity index (χ1) is 13.7. The quantitative estimate of drug-likeness (QED) is 0.629. The van der Waals surface area contributed by atoms with Crippen molar-refractivity contribution in [1.82, 2.24) is 14.3 Å². The minimum absolute atomic E-state index is 0.216. The molecule has 7 heteroatoms. The van der Waals surface area contributed by atoms with E-state index in [2.05, 4.69) is 26.1 Å². The largest absolute Gasteiger partial charge is 0.343 e. The number of nitrogens with zero attached hydrogens (tertiary/aromatic N) is 4. The zero-order chi connectivity index (χ0) is 19.3. The van der Waals surface area contributed by atoms with Gasteiger partial charge in [-0.25, -0.2) is 4.39 Å². The summed E-state index contributed by atoms with van der Waals surface area (Å²) in [6, 6.07) is 15.7. The van der Waals surface area contributed by atoms with Crippen molar-refractivity contribution in [3.63, 3.8) is 0 Å². The second-order valence-corrected chi connectivity index (χ2v) is 7.03. The van der Waals surface area contributed by atoms with Gasteiger partial charge in [-0.2, -0.15) is 9.36 Å². The number of halogens is 1. The zero-order valence-electron chi connectivity index (χ0n) is 15.0. The summed E-state index contributed by atoms with van der Waals surface area (Å²) in [6.45, 7) is 2.54. The van der Waals surface area contributed by atoms with E-state index in [4.69, 9.17) is 0 Å². The van der Waals surface area contributed by atoms with Crippen LogP contribution in [-0.4, -0.2) is 46.3 Å². The Bertz CT molecular complexity index is 1020. The molecule has 140 valence electrons. The number of amides is 1. The van der Waals surface area contributed by atoms with Crippen LogP contribution in [0.3, 0.4) is 0 Å². The molecule has 0 aliphatic carbocycles. The van der Waals surface area contributed by atoms with Gasteiger partial charge in [0.05, 0.1) is 0 Å². The van der Waals surface area contributed by atoms with E-state index >= 15 is 0 Å². The van der Waals surface area contributed by atoms with Crippen LogP contribution in [0.15, 0.2) is 54.6 Å². The third-order valence-corrected chi connectivity index (χ3v) is 5.22. The average Bonchev–Trinajstić information content (AvgIpc) is 3.24. The predicted molar refractivity (Wildman–Crippen MR) is 107 cm³/mol. The highest BCUT2D eigenvalue weighted by Crippen LogP contribution is 2.24. The number of carbonyl (C=O) groups excluding carboxylic acids is 1. The van der Waals surface area contributed by atoms with E-state index in [1.54, 1.807) is 17.0 Å². The zero-order valence-corrected chi connectivity index (χ0v) is 15.8. The summed E-state index contributed by atoms with van der Waals surface area (Å²) in [4.78, 5) is 20.8. The smallest absolute Gasteiger partial charge is 0.298 e. The molecule has 2 aromatic carbocycles. The van der Waals surface area contributed by atoms with E-state index in [-0.39, 0.29) is 11.7 Å². The van der Waals surface area contributed by atoms with E-state index < -0.39 is 0 Å². The van der Waals surface area contributed by atoms with Crippen LogP contribution in [0.2, 0.25) is 0 Å². The Kier molecular flexibility index (Phi) is 5.31. The molecule has 28 heavy (non-hydrogen) atoms. The number of anilines is 1. The number of aromatic nitrogens is 2. The summed E-state index contributed by atoms with van der Waals surface area (Å²) in [7, 11) is 0. The number of hydrogen-bond acceptors (Lipinski definition) is 5. The fourth-order valence-electron chi connectivity index (χ4n) is 2.89. The Hall–Kier alpha value is -3.24. The first-order valence-corrected chi connectivity index (χ1v) is 9.67. The summed E-state index contributed by atoms with van der Waals surface area (Å²) in [5.74, 6) is 5.62. The molecule has 1 amide bonds. The number of piperazine rings is 1. The Morgan fingerprint density at radius 1 is 1.00 bits per heavy atom. The van der Waals surface area contributed by atoms with E-state index in [0.29, 0.717) is 31.7 Å². The molecule has 0 spiro atoms. The molecule has 0 N–H and O–H groups in total. The lowest BCUT2D eigenvalue weighted by atomic mass is 10.2. The molecule has 0 saturated carbocycles. The van der Waals surface area contributed by atoms with Gasteiger partial charge in [0.25, 0.3) is 5.91 Å². The predicted octanol–water partition coefficient (Wildman–Crippen LogP) is 3.04. The monoisotopic (exact) mass is 392 g/mol. The molecule has 0 radical (unpaired) electrons. The molecular weight excluding hydrogens is 375 g/mol. The molecular formula is C21H17FN4OS. The number of hydrogen-bond donors (Lipinski definition) is 0. The van der Waals surface area contributed by atoms with Crippen molar-refractivity contribution in [2.75, 3.05) is 31.1 Å². The van der Waals surface area contributed by atoms with Gasteiger partial charge >= 0.3 is 0 Å². The van der Waals surface area contributed by atoms with E-state index in [9.17, 15) is 9.18 Å². The van der Waals surface area contributed by atoms with Crippen LogP contribution in [0.25, 0.3) is 11.4 Å². The molecule has 4 rings (SSSR count). The van der Waals surface area contributed by atoms with Gasteiger partial charge in [-0.15, -0.1) is 0 Å². The van der Waals surface area contributed by atoms with E-state index in [1.165, 1.54) is 23.7 Å². The Morgan fingerprint density at radius 3 is 2.43 bits per heavy atom. The Labute approximate surface area is 166 Å². The Balaban J connectivity index is 1.35. The maximum atomic E-state index is 12.9. The van der Waals surface area contributed by atoms with Crippen molar-refractivity contribution in [3.05, 3.63) is 66.0 Å². The summed E-state index contributed by atoms with van der Waals surface area (Å²) in [5.41, 5.74) is 1.62. The summed E-state index contributed by atoms with van der Waals surface area (Å²) in [6.07, 6.45) is 0. The standard InChI is InChI=1S/C21H17FN4OS/c22-18-9-6-16(7-10-18)8-11-19(27)25-12-14-26(15-13-25)21-23-20(24-28-21)17-4-2-1-3-5-17/h1-7,9-10H,12-15H2. The molecule has 1 saturated heterocycles. The van der Waals surface area contributed by atoms with Crippen LogP contribution in [0, 0.1) is 17.7 Å². The van der Waals surface area contributed by atoms with Gasteiger partial charge in [0.15, 0.2) is 5.82 Å². The topological polar surface area (TPSA) is 49.3 Å². The molecule has 2 heterocycles. The van der Waals surface area contributed by atoms with E-state index in [1.807, 2.05) is 30.3 Å². The first-order valence-electron chi connectivity index (χ1n) is 8.89. The van der Waals surface area contributed by atoms with Gasteiger partial charge in [0, 0.05) is 54.8 Å². The fraction of sp³-hybridized carbons (Fsp3) is 0.190. The Morgan fingerprint density at radius 2 is 1.71 bits per heavy atom. The second kappa shape index (κ2) is 8.19. The van der Waals surface area contributed by atoms with Crippen molar-refractivity contribution < 1.29 is 9.18 Å². The number of rotatable bonds is 2. The lowest BCUT2D eigenvalue weighted by Gasteiger charge is -2.33. The van der Waals surface area contributed by atoms with Crippen LogP contribution >= 0.6 is 11.5 Å². The van der Waals surface area contributed by atoms with E-state index in [0.717, 1.165) is 16.5 Å². The van der Waals surface area contributed by atoms with Gasteiger partial charge in [0.2, 0.25) is 5.13 Å². The average molecular weight is 392 g/mol. The highest BCUT2D eigenvalue weighted by molar-refractivity contribution is 7.09. The molecule has 1 fully saturated rings. The van der Waals surface area contributed by atoms with Crippen molar-refractivity contribution in [3.8, 4) is 23.2 Å². The second-order valence-electron chi connectivity index (χ2n) is 6.30. The highest BCUT2D eigenvalue weighted by Gasteiger charge is 2.22. The molecule has 5 nitrogen and oxygen atoms in total.